The summed E-state index contributed by atoms with van der Waals surface area (Å²) in [6.07, 6.45) is 1.08. The predicted molar refractivity (Wildman–Crippen MR) is 89.2 cm³/mol. The van der Waals surface area contributed by atoms with E-state index in [2.05, 4.69) is 5.32 Å². The number of carbonyl (C=O) groups is 1. The summed E-state index contributed by atoms with van der Waals surface area (Å²) in [5.41, 5.74) is 1.98. The molecule has 0 aromatic heterocycles. The number of hydrogen-bond donors (Lipinski definition) is 1. The summed E-state index contributed by atoms with van der Waals surface area (Å²) < 4.78 is 5.57. The van der Waals surface area contributed by atoms with E-state index in [4.69, 9.17) is 16.3 Å². The summed E-state index contributed by atoms with van der Waals surface area (Å²) >= 11 is 6.07. The summed E-state index contributed by atoms with van der Waals surface area (Å²) in [6.45, 7) is 3.02. The predicted octanol–water partition coefficient (Wildman–Crippen LogP) is 3.99. The quantitative estimate of drug-likeness (QED) is 0.838. The van der Waals surface area contributed by atoms with Crippen LogP contribution in [0.2, 0.25) is 5.02 Å². The van der Waals surface area contributed by atoms with Crippen molar-refractivity contribution in [1.82, 2.24) is 5.32 Å². The van der Waals surface area contributed by atoms with Gasteiger partial charge in [-0.2, -0.15) is 0 Å². The number of carbonyl (C=O) groups excluding carboxylic acids is 1. The molecular formula is C18H20ClNO2. The zero-order valence-electron chi connectivity index (χ0n) is 12.6. The molecular weight excluding hydrogens is 298 g/mol. The van der Waals surface area contributed by atoms with Crippen molar-refractivity contribution in [3.8, 4) is 5.75 Å². The van der Waals surface area contributed by atoms with Crippen LogP contribution in [0.1, 0.15) is 24.5 Å². The Morgan fingerprint density at radius 3 is 2.50 bits per heavy atom. The van der Waals surface area contributed by atoms with Gasteiger partial charge in [0.2, 0.25) is 5.91 Å². The number of hydrogen-bond acceptors (Lipinski definition) is 2. The molecule has 0 aliphatic carbocycles. The molecule has 0 bridgehead atoms. The minimum Gasteiger partial charge on any atom is -0.494 e. The van der Waals surface area contributed by atoms with Crippen LogP contribution in [-0.2, 0) is 17.8 Å². The number of ether oxygens (including phenoxy) is 1. The maximum atomic E-state index is 12.0. The van der Waals surface area contributed by atoms with Crippen LogP contribution in [0.3, 0.4) is 0 Å². The topological polar surface area (TPSA) is 38.3 Å². The normalized spacial score (nSPS) is 10.3. The largest absolute Gasteiger partial charge is 0.494 e. The highest BCUT2D eigenvalue weighted by Crippen LogP contribution is 2.19. The van der Waals surface area contributed by atoms with Crippen LogP contribution >= 0.6 is 11.6 Å². The Kier molecular flexibility index (Phi) is 6.28. The Morgan fingerprint density at radius 1 is 1.09 bits per heavy atom. The van der Waals surface area contributed by atoms with E-state index in [1.165, 1.54) is 0 Å². The van der Waals surface area contributed by atoms with E-state index < -0.39 is 0 Å². The number of nitrogens with one attached hydrogen (secondary N) is 1. The van der Waals surface area contributed by atoms with Crippen molar-refractivity contribution in [2.45, 2.75) is 26.3 Å². The standard InChI is InChI=1S/C18H20ClNO2/c1-2-22-17-10-6-4-7-14(17)11-12-18(21)20-13-15-8-3-5-9-16(15)19/h3-10H,2,11-13H2,1H3,(H,20,21). The van der Waals surface area contributed by atoms with Gasteiger partial charge in [0.05, 0.1) is 6.61 Å². The molecule has 0 spiro atoms. The number of amides is 1. The zero-order valence-corrected chi connectivity index (χ0v) is 13.4. The molecule has 4 heteroatoms. The molecule has 22 heavy (non-hydrogen) atoms. The Balaban J connectivity index is 1.84. The number of aryl methyl sites for hydroxylation is 1. The molecule has 0 aliphatic rings. The van der Waals surface area contributed by atoms with Gasteiger partial charge in [-0.1, -0.05) is 48.0 Å². The summed E-state index contributed by atoms with van der Waals surface area (Å²) in [5, 5.41) is 3.57. The average molecular weight is 318 g/mol. The number of halogens is 1. The Bertz CT molecular complexity index is 628. The van der Waals surface area contributed by atoms with Crippen molar-refractivity contribution in [2.24, 2.45) is 0 Å². The molecule has 2 rings (SSSR count). The second-order valence-electron chi connectivity index (χ2n) is 4.91. The van der Waals surface area contributed by atoms with Crippen LogP contribution in [-0.4, -0.2) is 12.5 Å². The lowest BCUT2D eigenvalue weighted by Crippen LogP contribution is -2.23. The maximum absolute atomic E-state index is 12.0. The SMILES string of the molecule is CCOc1ccccc1CCC(=O)NCc1ccccc1Cl. The lowest BCUT2D eigenvalue weighted by Gasteiger charge is -2.10. The van der Waals surface area contributed by atoms with Crippen molar-refractivity contribution in [3.63, 3.8) is 0 Å². The minimum atomic E-state index is 0.00576. The van der Waals surface area contributed by atoms with E-state index in [9.17, 15) is 4.79 Å². The van der Waals surface area contributed by atoms with E-state index in [0.717, 1.165) is 16.9 Å². The lowest BCUT2D eigenvalue weighted by molar-refractivity contribution is -0.121. The fourth-order valence-electron chi connectivity index (χ4n) is 2.18. The van der Waals surface area contributed by atoms with Crippen molar-refractivity contribution in [2.75, 3.05) is 6.61 Å². The maximum Gasteiger partial charge on any atom is 0.220 e. The van der Waals surface area contributed by atoms with Crippen LogP contribution in [0, 0.1) is 0 Å². The zero-order chi connectivity index (χ0) is 15.8. The van der Waals surface area contributed by atoms with Gasteiger partial charge >= 0.3 is 0 Å². The Morgan fingerprint density at radius 2 is 1.77 bits per heavy atom. The molecule has 0 unspecified atom stereocenters. The molecule has 0 heterocycles. The van der Waals surface area contributed by atoms with Gasteiger partial charge in [0.15, 0.2) is 0 Å². The van der Waals surface area contributed by atoms with Gasteiger partial charge in [-0.25, -0.2) is 0 Å². The molecule has 0 aliphatic heterocycles. The molecule has 0 radical (unpaired) electrons. The Labute approximate surface area is 136 Å². The summed E-state index contributed by atoms with van der Waals surface area (Å²) in [4.78, 5) is 12.0. The third-order valence-corrected chi connectivity index (χ3v) is 3.70. The van der Waals surface area contributed by atoms with Crippen molar-refractivity contribution in [3.05, 3.63) is 64.7 Å². The van der Waals surface area contributed by atoms with Gasteiger partial charge in [-0.3, -0.25) is 4.79 Å². The van der Waals surface area contributed by atoms with Crippen LogP contribution < -0.4 is 10.1 Å². The second-order valence-corrected chi connectivity index (χ2v) is 5.32. The smallest absolute Gasteiger partial charge is 0.220 e. The molecule has 0 saturated carbocycles. The van der Waals surface area contributed by atoms with Gasteiger partial charge < -0.3 is 10.1 Å². The molecule has 116 valence electrons. The number of benzene rings is 2. The third-order valence-electron chi connectivity index (χ3n) is 3.33. The molecule has 0 atom stereocenters. The lowest BCUT2D eigenvalue weighted by atomic mass is 10.1. The monoisotopic (exact) mass is 317 g/mol. The fraction of sp³-hybridized carbons (Fsp3) is 0.278. The average Bonchev–Trinajstić information content (AvgIpc) is 2.53. The first-order valence-electron chi connectivity index (χ1n) is 7.41. The van der Waals surface area contributed by atoms with Crippen LogP contribution in [0.5, 0.6) is 5.75 Å². The Hall–Kier alpha value is -2.00. The number of para-hydroxylation sites is 1. The van der Waals surface area contributed by atoms with E-state index in [1.807, 2.05) is 55.5 Å². The molecule has 2 aromatic carbocycles. The van der Waals surface area contributed by atoms with Gasteiger partial charge in [0.25, 0.3) is 0 Å². The first-order valence-corrected chi connectivity index (χ1v) is 7.79. The molecule has 0 fully saturated rings. The van der Waals surface area contributed by atoms with E-state index in [-0.39, 0.29) is 5.91 Å². The first kappa shape index (κ1) is 16.4. The molecule has 1 N–H and O–H groups in total. The molecule has 3 nitrogen and oxygen atoms in total. The second kappa shape index (κ2) is 8.44. The third kappa shape index (κ3) is 4.78. The van der Waals surface area contributed by atoms with E-state index in [0.29, 0.717) is 31.0 Å². The molecule has 2 aromatic rings. The van der Waals surface area contributed by atoms with Gasteiger partial charge in [-0.05, 0) is 36.6 Å². The van der Waals surface area contributed by atoms with Crippen molar-refractivity contribution < 1.29 is 9.53 Å². The first-order chi connectivity index (χ1) is 10.7. The highest BCUT2D eigenvalue weighted by atomic mass is 35.5. The molecule has 1 amide bonds. The van der Waals surface area contributed by atoms with Crippen molar-refractivity contribution in [1.29, 1.82) is 0 Å². The summed E-state index contributed by atoms with van der Waals surface area (Å²) in [5.74, 6) is 0.857. The fourth-order valence-corrected chi connectivity index (χ4v) is 2.38. The highest BCUT2D eigenvalue weighted by Gasteiger charge is 2.07. The van der Waals surface area contributed by atoms with Gasteiger partial charge in [0.1, 0.15) is 5.75 Å². The number of rotatable bonds is 7. The van der Waals surface area contributed by atoms with E-state index >= 15 is 0 Å². The van der Waals surface area contributed by atoms with E-state index in [1.54, 1.807) is 0 Å². The van der Waals surface area contributed by atoms with Gasteiger partial charge in [0, 0.05) is 18.0 Å². The molecule has 0 saturated heterocycles. The van der Waals surface area contributed by atoms with Crippen LogP contribution in [0.15, 0.2) is 48.5 Å². The summed E-state index contributed by atoms with van der Waals surface area (Å²) in [7, 11) is 0. The van der Waals surface area contributed by atoms with Crippen LogP contribution in [0.25, 0.3) is 0 Å². The highest BCUT2D eigenvalue weighted by molar-refractivity contribution is 6.31. The minimum absolute atomic E-state index is 0.00576. The van der Waals surface area contributed by atoms with Crippen LogP contribution in [0.4, 0.5) is 0 Å². The van der Waals surface area contributed by atoms with Crippen molar-refractivity contribution >= 4 is 17.5 Å². The van der Waals surface area contributed by atoms with Gasteiger partial charge in [-0.15, -0.1) is 0 Å². The summed E-state index contributed by atoms with van der Waals surface area (Å²) in [6, 6.07) is 15.3.